The van der Waals surface area contributed by atoms with Crippen molar-refractivity contribution in [1.29, 1.82) is 0 Å². The number of pyridine rings is 1. The third kappa shape index (κ3) is 4.91. The lowest BCUT2D eigenvalue weighted by molar-refractivity contribution is 0.0497. The van der Waals surface area contributed by atoms with Gasteiger partial charge in [0, 0.05) is 19.3 Å². The Hall–Kier alpha value is -0.930. The van der Waals surface area contributed by atoms with Gasteiger partial charge in [0.1, 0.15) is 0 Å². The summed E-state index contributed by atoms with van der Waals surface area (Å²) in [5, 5.41) is 13.1. The molecule has 0 fully saturated rings. The van der Waals surface area contributed by atoms with E-state index in [1.54, 1.807) is 6.20 Å². The van der Waals surface area contributed by atoms with E-state index in [1.807, 2.05) is 25.1 Å². The number of hydrogen-bond acceptors (Lipinski definition) is 3. The van der Waals surface area contributed by atoms with Crippen molar-refractivity contribution in [2.75, 3.05) is 6.54 Å². The summed E-state index contributed by atoms with van der Waals surface area (Å²) in [6.07, 6.45) is 3.60. The molecule has 15 heavy (non-hydrogen) atoms. The first-order valence-corrected chi connectivity index (χ1v) is 5.47. The van der Waals surface area contributed by atoms with Crippen LogP contribution in [0.15, 0.2) is 24.4 Å². The molecule has 0 aliphatic rings. The van der Waals surface area contributed by atoms with E-state index in [0.717, 1.165) is 18.5 Å². The quantitative estimate of drug-likeness (QED) is 0.748. The summed E-state index contributed by atoms with van der Waals surface area (Å²) >= 11 is 0. The van der Waals surface area contributed by atoms with Crippen molar-refractivity contribution in [2.24, 2.45) is 0 Å². The first-order chi connectivity index (χ1) is 7.14. The van der Waals surface area contributed by atoms with Crippen molar-refractivity contribution in [3.63, 3.8) is 0 Å². The maximum absolute atomic E-state index is 9.91. The number of nitrogens with one attached hydrogen (secondary N) is 1. The van der Waals surface area contributed by atoms with E-state index in [9.17, 15) is 5.11 Å². The van der Waals surface area contributed by atoms with Crippen LogP contribution in [0.5, 0.6) is 0 Å². The van der Waals surface area contributed by atoms with Crippen LogP contribution in [0, 0.1) is 0 Å². The molecule has 0 saturated carbocycles. The van der Waals surface area contributed by atoms with Gasteiger partial charge in [-0.25, -0.2) is 0 Å². The van der Waals surface area contributed by atoms with Crippen LogP contribution in [0.3, 0.4) is 0 Å². The van der Waals surface area contributed by atoms with E-state index >= 15 is 0 Å². The standard InChI is InChI=1S/C12H20N2O/c1-3-7-12(2,15)10-13-9-11-6-4-5-8-14-11/h4-6,8,13,15H,3,7,9-10H2,1-2H3. The van der Waals surface area contributed by atoms with E-state index in [-0.39, 0.29) is 0 Å². The number of hydrogen-bond donors (Lipinski definition) is 2. The van der Waals surface area contributed by atoms with Gasteiger partial charge < -0.3 is 10.4 Å². The molecule has 84 valence electrons. The molecule has 1 unspecified atom stereocenters. The van der Waals surface area contributed by atoms with Crippen LogP contribution in [-0.4, -0.2) is 22.2 Å². The predicted molar refractivity (Wildman–Crippen MR) is 61.5 cm³/mol. The van der Waals surface area contributed by atoms with Gasteiger partial charge in [0.15, 0.2) is 0 Å². The third-order valence-corrected chi connectivity index (χ3v) is 2.33. The minimum Gasteiger partial charge on any atom is -0.389 e. The fourth-order valence-electron chi connectivity index (χ4n) is 1.59. The first-order valence-electron chi connectivity index (χ1n) is 5.47. The number of rotatable bonds is 6. The average Bonchev–Trinajstić information content (AvgIpc) is 2.19. The molecule has 1 rings (SSSR count). The van der Waals surface area contributed by atoms with E-state index in [1.165, 1.54) is 0 Å². The monoisotopic (exact) mass is 208 g/mol. The van der Waals surface area contributed by atoms with Gasteiger partial charge in [0.05, 0.1) is 11.3 Å². The molecule has 0 aliphatic heterocycles. The summed E-state index contributed by atoms with van der Waals surface area (Å²) in [5.41, 5.74) is 0.397. The Morgan fingerprint density at radius 1 is 1.47 bits per heavy atom. The van der Waals surface area contributed by atoms with Crippen molar-refractivity contribution in [3.05, 3.63) is 30.1 Å². The van der Waals surface area contributed by atoms with Gasteiger partial charge in [0.25, 0.3) is 0 Å². The van der Waals surface area contributed by atoms with Gasteiger partial charge in [-0.05, 0) is 25.5 Å². The van der Waals surface area contributed by atoms with Crippen LogP contribution < -0.4 is 5.32 Å². The SMILES string of the molecule is CCCC(C)(O)CNCc1ccccn1. The highest BCUT2D eigenvalue weighted by molar-refractivity contribution is 5.03. The van der Waals surface area contributed by atoms with E-state index in [4.69, 9.17) is 0 Å². The highest BCUT2D eigenvalue weighted by Crippen LogP contribution is 2.10. The maximum Gasteiger partial charge on any atom is 0.0743 e. The predicted octanol–water partition coefficient (Wildman–Crippen LogP) is 1.72. The molecule has 1 aromatic rings. The Morgan fingerprint density at radius 3 is 2.87 bits per heavy atom. The van der Waals surface area contributed by atoms with Crippen molar-refractivity contribution in [3.8, 4) is 0 Å². The average molecular weight is 208 g/mol. The topological polar surface area (TPSA) is 45.1 Å². The molecular weight excluding hydrogens is 188 g/mol. The molecule has 1 atom stereocenters. The first kappa shape index (κ1) is 12.1. The lowest BCUT2D eigenvalue weighted by Gasteiger charge is -2.22. The van der Waals surface area contributed by atoms with E-state index in [0.29, 0.717) is 13.1 Å². The largest absolute Gasteiger partial charge is 0.389 e. The molecule has 0 amide bonds. The summed E-state index contributed by atoms with van der Waals surface area (Å²) in [6, 6.07) is 5.84. The molecule has 0 bridgehead atoms. The van der Waals surface area contributed by atoms with E-state index < -0.39 is 5.60 Å². The summed E-state index contributed by atoms with van der Waals surface area (Å²) < 4.78 is 0. The Balaban J connectivity index is 2.27. The maximum atomic E-state index is 9.91. The second kappa shape index (κ2) is 5.83. The highest BCUT2D eigenvalue weighted by Gasteiger charge is 2.17. The fraction of sp³-hybridized carbons (Fsp3) is 0.583. The molecule has 3 heteroatoms. The van der Waals surface area contributed by atoms with Crippen LogP contribution in [0.25, 0.3) is 0 Å². The van der Waals surface area contributed by atoms with Gasteiger partial charge in [0.2, 0.25) is 0 Å². The van der Waals surface area contributed by atoms with Crippen LogP contribution in [0.2, 0.25) is 0 Å². The molecule has 0 aliphatic carbocycles. The lowest BCUT2D eigenvalue weighted by Crippen LogP contribution is -2.37. The van der Waals surface area contributed by atoms with Crippen molar-refractivity contribution in [1.82, 2.24) is 10.3 Å². The smallest absolute Gasteiger partial charge is 0.0743 e. The summed E-state index contributed by atoms with van der Waals surface area (Å²) in [4.78, 5) is 4.20. The number of aromatic nitrogens is 1. The zero-order chi connectivity index (χ0) is 11.1. The van der Waals surface area contributed by atoms with Crippen LogP contribution >= 0.6 is 0 Å². The third-order valence-electron chi connectivity index (χ3n) is 2.33. The molecule has 0 aromatic carbocycles. The Kier molecular flexibility index (Phi) is 4.72. The minimum atomic E-state index is -0.608. The van der Waals surface area contributed by atoms with Crippen LogP contribution in [-0.2, 0) is 6.54 Å². The molecule has 0 spiro atoms. The second-order valence-electron chi connectivity index (χ2n) is 4.17. The second-order valence-corrected chi connectivity index (χ2v) is 4.17. The Labute approximate surface area is 91.5 Å². The molecule has 1 aromatic heterocycles. The zero-order valence-electron chi connectivity index (χ0n) is 9.53. The van der Waals surface area contributed by atoms with Gasteiger partial charge in [-0.15, -0.1) is 0 Å². The van der Waals surface area contributed by atoms with Crippen LogP contribution in [0.1, 0.15) is 32.4 Å². The minimum absolute atomic E-state index is 0.608. The lowest BCUT2D eigenvalue weighted by atomic mass is 10.0. The van der Waals surface area contributed by atoms with E-state index in [2.05, 4.69) is 17.2 Å². The van der Waals surface area contributed by atoms with Gasteiger partial charge in [-0.1, -0.05) is 19.4 Å². The normalized spacial score (nSPS) is 14.9. The summed E-state index contributed by atoms with van der Waals surface area (Å²) in [7, 11) is 0. The van der Waals surface area contributed by atoms with Gasteiger partial charge >= 0.3 is 0 Å². The Bertz CT molecular complexity index is 272. The summed E-state index contributed by atoms with van der Waals surface area (Å²) in [5.74, 6) is 0. The highest BCUT2D eigenvalue weighted by atomic mass is 16.3. The molecule has 0 radical (unpaired) electrons. The molecular formula is C12H20N2O. The van der Waals surface area contributed by atoms with Crippen molar-refractivity contribution >= 4 is 0 Å². The van der Waals surface area contributed by atoms with Crippen molar-refractivity contribution < 1.29 is 5.11 Å². The van der Waals surface area contributed by atoms with Crippen molar-refractivity contribution in [2.45, 2.75) is 38.8 Å². The zero-order valence-corrected chi connectivity index (χ0v) is 9.53. The number of nitrogens with zero attached hydrogens (tertiary/aromatic N) is 1. The van der Waals surface area contributed by atoms with Crippen LogP contribution in [0.4, 0.5) is 0 Å². The Morgan fingerprint density at radius 2 is 2.27 bits per heavy atom. The molecule has 2 N–H and O–H groups in total. The number of aliphatic hydroxyl groups is 1. The molecule has 3 nitrogen and oxygen atoms in total. The van der Waals surface area contributed by atoms with Gasteiger partial charge in [-0.2, -0.15) is 0 Å². The summed E-state index contributed by atoms with van der Waals surface area (Å²) in [6.45, 7) is 5.26. The van der Waals surface area contributed by atoms with Gasteiger partial charge in [-0.3, -0.25) is 4.98 Å². The fourth-order valence-corrected chi connectivity index (χ4v) is 1.59. The molecule has 0 saturated heterocycles. The molecule has 1 heterocycles.